The molecule has 0 aliphatic rings. The number of carbonyl (C=O) groups is 1. The smallest absolute Gasteiger partial charge is 0.416 e. The van der Waals surface area contributed by atoms with Crippen LogP contribution in [0.1, 0.15) is 28.6 Å². The van der Waals surface area contributed by atoms with E-state index < -0.39 is 68.9 Å². The maximum Gasteiger partial charge on any atom is 0.416 e. The highest BCUT2D eigenvalue weighted by Crippen LogP contribution is 2.38. The Bertz CT molecular complexity index is 2600. The standard InChI is InChI=1S/C35H28ClF5N6O6S/c1-45-30-28(11-10-25(36)29(30)32(44-45)46(54(3,51)52)17-18-4-7-23(53-2)8-5-18)47-31(27(43-34(49)50)14-19-12-21(37)16-22(38)13-19)42-26-15-20(35(39,40)41)6-9-24(26)33(47)48/h4-13,15-16,27,43H,14,17H2,1-3H3,(H,49,50). The minimum atomic E-state index is -4.84. The lowest BCUT2D eigenvalue weighted by Crippen LogP contribution is -2.35. The monoisotopic (exact) mass is 790 g/mol. The molecule has 0 aliphatic heterocycles. The van der Waals surface area contributed by atoms with Crippen molar-refractivity contribution >= 4 is 55.3 Å². The van der Waals surface area contributed by atoms with Gasteiger partial charge in [0.1, 0.15) is 23.2 Å². The molecule has 12 nitrogen and oxygen atoms in total. The zero-order valence-corrected chi connectivity index (χ0v) is 29.9. The van der Waals surface area contributed by atoms with E-state index >= 15 is 0 Å². The highest BCUT2D eigenvalue weighted by atomic mass is 35.5. The number of hydrogen-bond acceptors (Lipinski definition) is 7. The number of benzene rings is 4. The first-order valence-corrected chi connectivity index (χ1v) is 17.9. The summed E-state index contributed by atoms with van der Waals surface area (Å²) in [5.74, 6) is -2.08. The van der Waals surface area contributed by atoms with Crippen molar-refractivity contribution in [1.29, 1.82) is 0 Å². The van der Waals surface area contributed by atoms with Gasteiger partial charge >= 0.3 is 12.3 Å². The molecule has 2 aromatic heterocycles. The van der Waals surface area contributed by atoms with E-state index in [2.05, 4.69) is 15.4 Å². The van der Waals surface area contributed by atoms with E-state index in [-0.39, 0.29) is 44.9 Å². The van der Waals surface area contributed by atoms with Crippen LogP contribution in [0, 0.1) is 11.6 Å². The molecule has 6 rings (SSSR count). The molecule has 0 spiro atoms. The average molecular weight is 791 g/mol. The molecule has 0 radical (unpaired) electrons. The van der Waals surface area contributed by atoms with Gasteiger partial charge < -0.3 is 15.2 Å². The largest absolute Gasteiger partial charge is 0.497 e. The van der Waals surface area contributed by atoms with Gasteiger partial charge in [-0.05, 0) is 65.7 Å². The number of alkyl halides is 3. The Labute approximate surface area is 308 Å². The predicted octanol–water partition coefficient (Wildman–Crippen LogP) is 6.75. The van der Waals surface area contributed by atoms with Crippen LogP contribution in [-0.4, -0.2) is 52.3 Å². The first-order valence-electron chi connectivity index (χ1n) is 15.7. The van der Waals surface area contributed by atoms with Crippen LogP contribution in [0.2, 0.25) is 5.02 Å². The number of hydrogen-bond donors (Lipinski definition) is 2. The first kappa shape index (κ1) is 38.0. The third kappa shape index (κ3) is 7.52. The Hall–Kier alpha value is -5.75. The summed E-state index contributed by atoms with van der Waals surface area (Å²) in [6, 6.07) is 12.3. The summed E-state index contributed by atoms with van der Waals surface area (Å²) in [4.78, 5) is 31.0. The molecular weight excluding hydrogens is 763 g/mol. The molecule has 0 bridgehead atoms. The molecule has 0 fully saturated rings. The van der Waals surface area contributed by atoms with Crippen molar-refractivity contribution in [2.75, 3.05) is 17.7 Å². The van der Waals surface area contributed by atoms with Crippen LogP contribution in [0.5, 0.6) is 5.75 Å². The van der Waals surface area contributed by atoms with Gasteiger partial charge in [0.2, 0.25) is 10.0 Å². The quantitative estimate of drug-likeness (QED) is 0.145. The lowest BCUT2D eigenvalue weighted by atomic mass is 10.0. The molecular formula is C35H28ClF5N6O6S. The summed E-state index contributed by atoms with van der Waals surface area (Å²) in [6.07, 6.45) is -6.06. The number of aryl methyl sites for hydroxylation is 1. The van der Waals surface area contributed by atoms with Gasteiger partial charge in [-0.2, -0.15) is 18.3 Å². The number of halogens is 6. The molecule has 0 saturated carbocycles. The van der Waals surface area contributed by atoms with Crippen LogP contribution in [-0.2, 0) is 36.2 Å². The first-order chi connectivity index (χ1) is 25.3. The van der Waals surface area contributed by atoms with Crippen molar-refractivity contribution in [3.05, 3.63) is 122 Å². The summed E-state index contributed by atoms with van der Waals surface area (Å²) in [7, 11) is -1.18. The van der Waals surface area contributed by atoms with Gasteiger partial charge in [-0.25, -0.2) is 31.3 Å². The summed E-state index contributed by atoms with van der Waals surface area (Å²) in [5.41, 5.74) is -2.14. The molecule has 6 aromatic rings. The zero-order chi connectivity index (χ0) is 39.3. The number of sulfonamides is 1. The number of rotatable bonds is 10. The third-order valence-corrected chi connectivity index (χ3v) is 9.87. The fourth-order valence-electron chi connectivity index (χ4n) is 6.11. The predicted molar refractivity (Wildman–Crippen MR) is 190 cm³/mol. The van der Waals surface area contributed by atoms with Crippen molar-refractivity contribution in [3.8, 4) is 11.4 Å². The Balaban J connectivity index is 1.65. The number of nitrogens with zero attached hydrogens (tertiary/aromatic N) is 5. The van der Waals surface area contributed by atoms with Crippen LogP contribution in [0.3, 0.4) is 0 Å². The van der Waals surface area contributed by atoms with Gasteiger partial charge in [-0.15, -0.1) is 0 Å². The van der Waals surface area contributed by atoms with Crippen LogP contribution < -0.4 is 19.9 Å². The molecule has 0 saturated heterocycles. The molecule has 4 aromatic carbocycles. The van der Waals surface area contributed by atoms with E-state index in [9.17, 15) is 45.1 Å². The average Bonchev–Trinajstić information content (AvgIpc) is 3.43. The molecule has 1 amide bonds. The van der Waals surface area contributed by atoms with Crippen LogP contribution in [0.15, 0.2) is 77.6 Å². The minimum absolute atomic E-state index is 0.00570. The number of anilines is 1. The summed E-state index contributed by atoms with van der Waals surface area (Å²) in [6.45, 7) is -0.214. The molecule has 282 valence electrons. The molecule has 2 N–H and O–H groups in total. The Morgan fingerprint density at radius 3 is 2.28 bits per heavy atom. The summed E-state index contributed by atoms with van der Waals surface area (Å²) >= 11 is 6.71. The molecule has 2 heterocycles. The maximum absolute atomic E-state index is 14.5. The SMILES string of the molecule is COc1ccc(CN(c2nn(C)c3c(-n4c(C(Cc5cc(F)cc(F)c5)NC(=O)O)nc5cc(C(F)(F)F)ccc5c4=O)ccc(Cl)c23)S(C)(=O)=O)cc1. The second kappa shape index (κ2) is 14.2. The van der Waals surface area contributed by atoms with Crippen molar-refractivity contribution in [3.63, 3.8) is 0 Å². The Morgan fingerprint density at radius 1 is 1.02 bits per heavy atom. The number of ether oxygens (including phenoxy) is 1. The van der Waals surface area contributed by atoms with Gasteiger partial charge in [0.15, 0.2) is 5.82 Å². The van der Waals surface area contributed by atoms with Crippen molar-refractivity contribution < 1.29 is 45.0 Å². The number of aromatic nitrogens is 4. The number of amides is 1. The van der Waals surface area contributed by atoms with Gasteiger partial charge in [0, 0.05) is 19.5 Å². The molecule has 1 atom stereocenters. The second-order valence-corrected chi connectivity index (χ2v) is 14.5. The van der Waals surface area contributed by atoms with Crippen LogP contribution >= 0.6 is 11.6 Å². The Kier molecular flexibility index (Phi) is 10.0. The van der Waals surface area contributed by atoms with Gasteiger partial charge in [0.25, 0.3) is 5.56 Å². The fourth-order valence-corrected chi connectivity index (χ4v) is 7.17. The number of carboxylic acid groups (broad SMARTS) is 1. The van der Waals surface area contributed by atoms with Crippen LogP contribution in [0.25, 0.3) is 27.5 Å². The van der Waals surface area contributed by atoms with E-state index in [4.69, 9.17) is 16.3 Å². The fraction of sp³-hybridized carbons (Fsp3) is 0.200. The van der Waals surface area contributed by atoms with Crippen molar-refractivity contribution in [2.45, 2.75) is 25.2 Å². The van der Waals surface area contributed by atoms with E-state index in [1.807, 2.05) is 0 Å². The molecule has 19 heteroatoms. The molecule has 1 unspecified atom stereocenters. The number of fused-ring (bicyclic) bond motifs is 2. The lowest BCUT2D eigenvalue weighted by Gasteiger charge is -2.23. The van der Waals surface area contributed by atoms with Gasteiger partial charge in [-0.3, -0.25) is 14.0 Å². The van der Waals surface area contributed by atoms with Gasteiger partial charge in [-0.1, -0.05) is 23.7 Å². The van der Waals surface area contributed by atoms with Gasteiger partial charge in [0.05, 0.1) is 64.0 Å². The maximum atomic E-state index is 14.5. The highest BCUT2D eigenvalue weighted by molar-refractivity contribution is 7.92. The van der Waals surface area contributed by atoms with E-state index in [1.165, 1.54) is 31.0 Å². The van der Waals surface area contributed by atoms with E-state index in [1.54, 1.807) is 24.3 Å². The topological polar surface area (TPSA) is 149 Å². The minimum Gasteiger partial charge on any atom is -0.497 e. The van der Waals surface area contributed by atoms with Crippen LogP contribution in [0.4, 0.5) is 32.6 Å². The third-order valence-electron chi connectivity index (χ3n) is 8.45. The highest BCUT2D eigenvalue weighted by Gasteiger charge is 2.33. The van der Waals surface area contributed by atoms with Crippen molar-refractivity contribution in [2.24, 2.45) is 7.05 Å². The normalized spacial score (nSPS) is 12.6. The van der Waals surface area contributed by atoms with E-state index in [0.29, 0.717) is 29.5 Å². The second-order valence-electron chi connectivity index (χ2n) is 12.2. The van der Waals surface area contributed by atoms with Crippen molar-refractivity contribution in [1.82, 2.24) is 24.6 Å². The Morgan fingerprint density at radius 2 is 1.69 bits per heavy atom. The number of methoxy groups -OCH3 is 1. The number of nitrogens with one attached hydrogen (secondary N) is 1. The molecule has 54 heavy (non-hydrogen) atoms. The van der Waals surface area contributed by atoms with E-state index in [0.717, 1.165) is 33.3 Å². The molecule has 0 aliphatic carbocycles. The summed E-state index contributed by atoms with van der Waals surface area (Å²) < 4.78 is 105. The lowest BCUT2D eigenvalue weighted by molar-refractivity contribution is -0.137. The zero-order valence-electron chi connectivity index (χ0n) is 28.3. The summed E-state index contributed by atoms with van der Waals surface area (Å²) in [5, 5.41) is 16.2.